The van der Waals surface area contributed by atoms with Gasteiger partial charge in [0.1, 0.15) is 5.82 Å². The fourth-order valence-electron chi connectivity index (χ4n) is 1.42. The fraction of sp³-hybridized carbons (Fsp3) is 0.533. The van der Waals surface area contributed by atoms with Crippen LogP contribution in [0.1, 0.15) is 25.8 Å². The molecule has 5 heteroatoms. The highest BCUT2D eigenvalue weighted by Gasteiger charge is 2.17. The number of aliphatic hydroxyl groups is 1. The van der Waals surface area contributed by atoms with E-state index in [0.29, 0.717) is 13.0 Å². The lowest BCUT2D eigenvalue weighted by molar-refractivity contribution is -0.121. The number of amides is 1. The molecule has 112 valence electrons. The summed E-state index contributed by atoms with van der Waals surface area (Å²) in [6.07, 6.45) is 0.452. The Balaban J connectivity index is 2.14. The fourth-order valence-corrected chi connectivity index (χ4v) is 2.32. The van der Waals surface area contributed by atoms with Gasteiger partial charge in [0.2, 0.25) is 5.91 Å². The quantitative estimate of drug-likeness (QED) is 0.725. The van der Waals surface area contributed by atoms with Gasteiger partial charge in [-0.1, -0.05) is 26.0 Å². The minimum absolute atomic E-state index is 0.00173. The van der Waals surface area contributed by atoms with Crippen LogP contribution in [-0.2, 0) is 10.5 Å². The molecule has 0 aliphatic carbocycles. The molecule has 0 bridgehead atoms. The van der Waals surface area contributed by atoms with Crippen molar-refractivity contribution in [3.63, 3.8) is 0 Å². The van der Waals surface area contributed by atoms with Gasteiger partial charge in [-0.3, -0.25) is 4.79 Å². The van der Waals surface area contributed by atoms with E-state index < -0.39 is 0 Å². The normalized spacial score (nSPS) is 11.4. The first kappa shape index (κ1) is 17.0. The van der Waals surface area contributed by atoms with Gasteiger partial charge in [-0.05, 0) is 17.7 Å². The van der Waals surface area contributed by atoms with Crippen molar-refractivity contribution in [3.05, 3.63) is 35.6 Å². The van der Waals surface area contributed by atoms with E-state index in [0.717, 1.165) is 17.1 Å². The van der Waals surface area contributed by atoms with Crippen LogP contribution in [0.5, 0.6) is 0 Å². The van der Waals surface area contributed by atoms with Crippen molar-refractivity contribution in [1.29, 1.82) is 0 Å². The van der Waals surface area contributed by atoms with Crippen molar-refractivity contribution in [2.24, 2.45) is 5.41 Å². The van der Waals surface area contributed by atoms with Gasteiger partial charge in [0, 0.05) is 36.5 Å². The van der Waals surface area contributed by atoms with Crippen LogP contribution < -0.4 is 5.32 Å². The third-order valence-corrected chi connectivity index (χ3v) is 3.88. The lowest BCUT2D eigenvalue weighted by Crippen LogP contribution is -2.36. The summed E-state index contributed by atoms with van der Waals surface area (Å²) in [6, 6.07) is 6.40. The van der Waals surface area contributed by atoms with Crippen LogP contribution >= 0.6 is 11.8 Å². The average molecular weight is 299 g/mol. The van der Waals surface area contributed by atoms with Crippen molar-refractivity contribution < 1.29 is 14.3 Å². The molecule has 1 aromatic rings. The number of halogens is 1. The zero-order valence-electron chi connectivity index (χ0n) is 12.0. The Kier molecular flexibility index (Phi) is 7.02. The van der Waals surface area contributed by atoms with Gasteiger partial charge in [0.15, 0.2) is 0 Å². The molecule has 2 N–H and O–H groups in total. The SMILES string of the molecule is CC(C)(CO)CNC(=O)CCSCc1ccc(F)cc1. The Hall–Kier alpha value is -1.07. The monoisotopic (exact) mass is 299 g/mol. The Labute approximate surface area is 124 Å². The van der Waals surface area contributed by atoms with Crippen molar-refractivity contribution in [1.82, 2.24) is 5.32 Å². The Morgan fingerprint density at radius 2 is 2.00 bits per heavy atom. The van der Waals surface area contributed by atoms with Gasteiger partial charge in [0.25, 0.3) is 0 Å². The second-order valence-corrected chi connectivity index (χ2v) is 6.63. The predicted octanol–water partition coefficient (Wildman–Crippen LogP) is 2.58. The maximum Gasteiger partial charge on any atom is 0.220 e. The first-order valence-electron chi connectivity index (χ1n) is 6.63. The maximum atomic E-state index is 12.7. The topological polar surface area (TPSA) is 49.3 Å². The first-order chi connectivity index (χ1) is 9.43. The van der Waals surface area contributed by atoms with Crippen LogP contribution in [0.3, 0.4) is 0 Å². The number of hydrogen-bond acceptors (Lipinski definition) is 3. The number of benzene rings is 1. The highest BCUT2D eigenvalue weighted by molar-refractivity contribution is 7.98. The van der Waals surface area contributed by atoms with Crippen molar-refractivity contribution in [2.45, 2.75) is 26.0 Å². The number of aliphatic hydroxyl groups excluding tert-OH is 1. The number of hydrogen-bond donors (Lipinski definition) is 2. The van der Waals surface area contributed by atoms with Gasteiger partial charge >= 0.3 is 0 Å². The lowest BCUT2D eigenvalue weighted by Gasteiger charge is -2.21. The van der Waals surface area contributed by atoms with E-state index in [-0.39, 0.29) is 23.7 Å². The molecule has 20 heavy (non-hydrogen) atoms. The van der Waals surface area contributed by atoms with Crippen molar-refractivity contribution in [2.75, 3.05) is 18.9 Å². The smallest absolute Gasteiger partial charge is 0.220 e. The van der Waals surface area contributed by atoms with Crippen LogP contribution in [0.2, 0.25) is 0 Å². The number of carbonyl (C=O) groups is 1. The summed E-state index contributed by atoms with van der Waals surface area (Å²) in [5.41, 5.74) is 0.773. The van der Waals surface area contributed by atoms with E-state index in [9.17, 15) is 9.18 Å². The van der Waals surface area contributed by atoms with E-state index in [1.807, 2.05) is 13.8 Å². The van der Waals surface area contributed by atoms with Crippen molar-refractivity contribution >= 4 is 17.7 Å². The van der Waals surface area contributed by atoms with Crippen LogP contribution in [0.4, 0.5) is 4.39 Å². The molecular formula is C15H22FNO2S. The second-order valence-electron chi connectivity index (χ2n) is 5.53. The molecule has 0 radical (unpaired) electrons. The number of rotatable bonds is 8. The molecule has 0 fully saturated rings. The predicted molar refractivity (Wildman–Crippen MR) is 81.1 cm³/mol. The zero-order chi connectivity index (χ0) is 15.0. The molecule has 0 atom stereocenters. The van der Waals surface area contributed by atoms with Crippen LogP contribution in [-0.4, -0.2) is 29.9 Å². The Bertz CT molecular complexity index is 420. The zero-order valence-corrected chi connectivity index (χ0v) is 12.8. The van der Waals surface area contributed by atoms with E-state index in [1.165, 1.54) is 12.1 Å². The van der Waals surface area contributed by atoms with E-state index in [4.69, 9.17) is 5.11 Å². The van der Waals surface area contributed by atoms with Gasteiger partial charge < -0.3 is 10.4 Å². The molecule has 0 spiro atoms. The van der Waals surface area contributed by atoms with Gasteiger partial charge in [0.05, 0.1) is 0 Å². The Morgan fingerprint density at radius 1 is 1.35 bits per heavy atom. The summed E-state index contributed by atoms with van der Waals surface area (Å²) in [4.78, 5) is 11.6. The summed E-state index contributed by atoms with van der Waals surface area (Å²) in [5.74, 6) is 1.26. The summed E-state index contributed by atoms with van der Waals surface area (Å²) < 4.78 is 12.7. The van der Waals surface area contributed by atoms with E-state index in [1.54, 1.807) is 23.9 Å². The number of thioether (sulfide) groups is 1. The minimum Gasteiger partial charge on any atom is -0.396 e. The number of nitrogens with one attached hydrogen (secondary N) is 1. The molecule has 3 nitrogen and oxygen atoms in total. The van der Waals surface area contributed by atoms with Gasteiger partial charge in [-0.15, -0.1) is 0 Å². The summed E-state index contributed by atoms with van der Waals surface area (Å²) >= 11 is 1.65. The average Bonchev–Trinajstić information content (AvgIpc) is 2.43. The minimum atomic E-state index is -0.281. The summed E-state index contributed by atoms with van der Waals surface area (Å²) in [6.45, 7) is 4.32. The molecule has 1 rings (SSSR count). The molecule has 0 saturated heterocycles. The molecule has 1 amide bonds. The van der Waals surface area contributed by atoms with Gasteiger partial charge in [-0.25, -0.2) is 4.39 Å². The van der Waals surface area contributed by atoms with Crippen molar-refractivity contribution in [3.8, 4) is 0 Å². The molecule has 0 aromatic heterocycles. The second kappa shape index (κ2) is 8.27. The largest absolute Gasteiger partial charge is 0.396 e. The molecular weight excluding hydrogens is 277 g/mol. The summed E-state index contributed by atoms with van der Waals surface area (Å²) in [5, 5.41) is 11.9. The standard InChI is InChI=1S/C15H22FNO2S/c1-15(2,11-18)10-17-14(19)7-8-20-9-12-3-5-13(16)6-4-12/h3-6,18H,7-11H2,1-2H3,(H,17,19). The first-order valence-corrected chi connectivity index (χ1v) is 7.78. The van der Waals surface area contributed by atoms with E-state index >= 15 is 0 Å². The van der Waals surface area contributed by atoms with E-state index in [2.05, 4.69) is 5.32 Å². The molecule has 0 aliphatic rings. The third kappa shape index (κ3) is 6.91. The maximum absolute atomic E-state index is 12.7. The number of carbonyl (C=O) groups excluding carboxylic acids is 1. The third-order valence-electron chi connectivity index (χ3n) is 2.85. The lowest BCUT2D eigenvalue weighted by atomic mass is 9.95. The van der Waals surface area contributed by atoms with Crippen LogP contribution in [0.25, 0.3) is 0 Å². The molecule has 1 aromatic carbocycles. The highest BCUT2D eigenvalue weighted by atomic mass is 32.2. The molecule has 0 heterocycles. The van der Waals surface area contributed by atoms with Gasteiger partial charge in [-0.2, -0.15) is 11.8 Å². The molecule has 0 saturated carbocycles. The molecule has 0 aliphatic heterocycles. The Morgan fingerprint density at radius 3 is 2.60 bits per heavy atom. The van der Waals surface area contributed by atoms with Crippen LogP contribution in [0, 0.1) is 11.2 Å². The highest BCUT2D eigenvalue weighted by Crippen LogP contribution is 2.14. The molecule has 0 unspecified atom stereocenters. The summed E-state index contributed by atoms with van der Waals surface area (Å²) in [7, 11) is 0. The van der Waals surface area contributed by atoms with Crippen LogP contribution in [0.15, 0.2) is 24.3 Å².